The first-order valence-electron chi connectivity index (χ1n) is 3.92. The van der Waals surface area contributed by atoms with Crippen LogP contribution >= 0.6 is 0 Å². The Labute approximate surface area is 77.2 Å². The van der Waals surface area contributed by atoms with Crippen LogP contribution in [-0.2, 0) is 23.3 Å². The number of benzene rings is 1. The van der Waals surface area contributed by atoms with Crippen molar-refractivity contribution in [2.45, 2.75) is 13.1 Å². The molecule has 0 bridgehead atoms. The van der Waals surface area contributed by atoms with E-state index in [0.717, 1.165) is 11.1 Å². The van der Waals surface area contributed by atoms with Gasteiger partial charge in [-0.15, -0.1) is 0 Å². The lowest BCUT2D eigenvalue weighted by Gasteiger charge is -2.09. The van der Waals surface area contributed by atoms with Crippen LogP contribution in [0.25, 0.3) is 0 Å². The fourth-order valence-corrected chi connectivity index (χ4v) is 2.12. The molecule has 0 aliphatic carbocycles. The molecule has 1 aromatic carbocycles. The second-order valence-electron chi connectivity index (χ2n) is 3.08. The highest BCUT2D eigenvalue weighted by atomic mass is 32.2. The molecular weight excluding hydrogens is 188 g/mol. The highest BCUT2D eigenvalue weighted by Crippen LogP contribution is 2.23. The molecule has 1 aromatic rings. The maximum absolute atomic E-state index is 11.0. The molecule has 0 saturated heterocycles. The minimum absolute atomic E-state index is 0.398. The van der Waals surface area contributed by atoms with E-state index in [1.165, 1.54) is 4.31 Å². The van der Waals surface area contributed by atoms with Crippen LogP contribution in [0.5, 0.6) is 0 Å². The lowest BCUT2D eigenvalue weighted by atomic mass is 10.1. The van der Waals surface area contributed by atoms with Crippen LogP contribution in [0.3, 0.4) is 0 Å². The van der Waals surface area contributed by atoms with Gasteiger partial charge in [-0.05, 0) is 11.1 Å². The summed E-state index contributed by atoms with van der Waals surface area (Å²) in [5.41, 5.74) is 2.08. The quantitative estimate of drug-likeness (QED) is 0.701. The first-order chi connectivity index (χ1) is 6.07. The van der Waals surface area contributed by atoms with Crippen LogP contribution in [0.4, 0.5) is 0 Å². The second kappa shape index (κ2) is 2.80. The van der Waals surface area contributed by atoms with Gasteiger partial charge in [-0.2, -0.15) is 12.7 Å². The van der Waals surface area contributed by atoms with Gasteiger partial charge in [0.2, 0.25) is 0 Å². The average molecular weight is 198 g/mol. The Morgan fingerprint density at radius 3 is 2.00 bits per heavy atom. The summed E-state index contributed by atoms with van der Waals surface area (Å²) < 4.78 is 23.3. The summed E-state index contributed by atoms with van der Waals surface area (Å²) in [6, 6.07) is 7.62. The number of hydrogen-bond donors (Lipinski definition) is 1. The number of nitrogens with zero attached hydrogens (tertiary/aromatic N) is 1. The van der Waals surface area contributed by atoms with Crippen molar-refractivity contribution in [3.05, 3.63) is 35.4 Å². The molecule has 0 unspecified atom stereocenters. The molecule has 2 rings (SSSR count). The fraction of sp³-hybridized carbons (Fsp3) is 0.250. The molecule has 0 saturated carbocycles. The van der Waals surface area contributed by atoms with Crippen molar-refractivity contribution in [1.82, 2.24) is 4.31 Å². The van der Waals surface area contributed by atoms with E-state index in [1.807, 2.05) is 24.3 Å². The predicted octanol–water partition coefficient (Wildman–Crippen LogP) is 0.206. The van der Waals surface area contributed by atoms with E-state index in [1.54, 1.807) is 0 Å². The van der Waals surface area contributed by atoms with Gasteiger partial charge in [-0.25, -0.2) is 5.14 Å². The summed E-state index contributed by atoms with van der Waals surface area (Å²) in [4.78, 5) is 0. The van der Waals surface area contributed by atoms with Crippen molar-refractivity contribution in [3.8, 4) is 0 Å². The minimum Gasteiger partial charge on any atom is -0.216 e. The maximum Gasteiger partial charge on any atom is 0.277 e. The van der Waals surface area contributed by atoms with Gasteiger partial charge >= 0.3 is 0 Å². The molecule has 1 aliphatic heterocycles. The van der Waals surface area contributed by atoms with Crippen molar-refractivity contribution in [3.63, 3.8) is 0 Å². The first-order valence-corrected chi connectivity index (χ1v) is 5.42. The van der Waals surface area contributed by atoms with Crippen LogP contribution in [0, 0.1) is 0 Å². The number of nitrogens with two attached hydrogens (primary N) is 1. The summed E-state index contributed by atoms with van der Waals surface area (Å²) in [6.07, 6.45) is 0. The van der Waals surface area contributed by atoms with E-state index in [4.69, 9.17) is 5.14 Å². The van der Waals surface area contributed by atoms with Crippen LogP contribution in [-0.4, -0.2) is 12.7 Å². The van der Waals surface area contributed by atoms with Crippen LogP contribution < -0.4 is 5.14 Å². The molecule has 4 nitrogen and oxygen atoms in total. The number of rotatable bonds is 1. The normalized spacial score (nSPS) is 17.3. The van der Waals surface area contributed by atoms with E-state index in [0.29, 0.717) is 13.1 Å². The molecule has 70 valence electrons. The molecule has 1 heterocycles. The van der Waals surface area contributed by atoms with Crippen molar-refractivity contribution < 1.29 is 8.42 Å². The molecule has 13 heavy (non-hydrogen) atoms. The van der Waals surface area contributed by atoms with Crippen LogP contribution in [0.2, 0.25) is 0 Å². The molecule has 1 aliphatic rings. The van der Waals surface area contributed by atoms with Crippen molar-refractivity contribution in [1.29, 1.82) is 0 Å². The Morgan fingerprint density at radius 1 is 1.15 bits per heavy atom. The van der Waals surface area contributed by atoms with Gasteiger partial charge in [0.05, 0.1) is 0 Å². The Balaban J connectivity index is 2.33. The Morgan fingerprint density at radius 2 is 1.62 bits per heavy atom. The first kappa shape index (κ1) is 8.68. The molecule has 5 heteroatoms. The lowest BCUT2D eigenvalue weighted by Crippen LogP contribution is -2.32. The minimum atomic E-state index is -3.54. The molecule has 2 N–H and O–H groups in total. The topological polar surface area (TPSA) is 63.4 Å². The van der Waals surface area contributed by atoms with Crippen molar-refractivity contribution >= 4 is 10.2 Å². The van der Waals surface area contributed by atoms with Gasteiger partial charge in [0.25, 0.3) is 10.2 Å². The standard InChI is InChI=1S/C8H10N2O2S/c9-13(11,12)10-5-7-3-1-2-4-8(7)6-10/h1-4H,5-6H2,(H2,9,11,12). The second-order valence-corrected chi connectivity index (χ2v) is 4.63. The third-order valence-electron chi connectivity index (χ3n) is 2.17. The third-order valence-corrected chi connectivity index (χ3v) is 3.15. The zero-order valence-electron chi connectivity index (χ0n) is 6.97. The highest BCUT2D eigenvalue weighted by Gasteiger charge is 2.25. The number of fused-ring (bicyclic) bond motifs is 1. The molecule has 0 amide bonds. The molecule has 0 atom stereocenters. The van der Waals surface area contributed by atoms with Crippen molar-refractivity contribution in [2.75, 3.05) is 0 Å². The smallest absolute Gasteiger partial charge is 0.216 e. The summed E-state index contributed by atoms with van der Waals surface area (Å²) in [6.45, 7) is 0.796. The molecule has 0 radical (unpaired) electrons. The van der Waals surface area contributed by atoms with Gasteiger partial charge in [0, 0.05) is 13.1 Å². The van der Waals surface area contributed by atoms with Crippen LogP contribution in [0.1, 0.15) is 11.1 Å². The van der Waals surface area contributed by atoms with Crippen LogP contribution in [0.15, 0.2) is 24.3 Å². The molecule has 0 spiro atoms. The summed E-state index contributed by atoms with van der Waals surface area (Å²) in [7, 11) is -3.54. The molecular formula is C8H10N2O2S. The highest BCUT2D eigenvalue weighted by molar-refractivity contribution is 7.86. The van der Waals surface area contributed by atoms with E-state index in [9.17, 15) is 8.42 Å². The van der Waals surface area contributed by atoms with Gasteiger partial charge in [-0.1, -0.05) is 24.3 Å². The van der Waals surface area contributed by atoms with Gasteiger partial charge < -0.3 is 0 Å². The predicted molar refractivity (Wildman–Crippen MR) is 48.8 cm³/mol. The number of hydrogen-bond acceptors (Lipinski definition) is 2. The van der Waals surface area contributed by atoms with E-state index >= 15 is 0 Å². The average Bonchev–Trinajstić information content (AvgIpc) is 2.45. The monoisotopic (exact) mass is 198 g/mol. The molecule has 0 fully saturated rings. The fourth-order valence-electron chi connectivity index (χ4n) is 1.48. The van der Waals surface area contributed by atoms with E-state index in [-0.39, 0.29) is 0 Å². The summed E-state index contributed by atoms with van der Waals surface area (Å²) in [5, 5.41) is 5.02. The molecule has 0 aromatic heterocycles. The van der Waals surface area contributed by atoms with Crippen molar-refractivity contribution in [2.24, 2.45) is 5.14 Å². The largest absolute Gasteiger partial charge is 0.277 e. The maximum atomic E-state index is 11.0. The summed E-state index contributed by atoms with van der Waals surface area (Å²) in [5.74, 6) is 0. The summed E-state index contributed by atoms with van der Waals surface area (Å²) >= 11 is 0. The Hall–Kier alpha value is -0.910. The van der Waals surface area contributed by atoms with E-state index in [2.05, 4.69) is 0 Å². The zero-order chi connectivity index (χ0) is 9.47. The third kappa shape index (κ3) is 1.58. The zero-order valence-corrected chi connectivity index (χ0v) is 7.79. The van der Waals surface area contributed by atoms with Gasteiger partial charge in [-0.3, -0.25) is 0 Å². The van der Waals surface area contributed by atoms with E-state index < -0.39 is 10.2 Å². The lowest BCUT2D eigenvalue weighted by molar-refractivity contribution is 0.432. The Kier molecular flexibility index (Phi) is 1.87. The SMILES string of the molecule is NS(=O)(=O)N1Cc2ccccc2C1. The van der Waals surface area contributed by atoms with Gasteiger partial charge in [0.1, 0.15) is 0 Å². The van der Waals surface area contributed by atoms with Gasteiger partial charge in [0.15, 0.2) is 0 Å². The Bertz CT molecular complexity index is 403.